The summed E-state index contributed by atoms with van der Waals surface area (Å²) in [5.41, 5.74) is 0. The van der Waals surface area contributed by atoms with Gasteiger partial charge in [0.15, 0.2) is 0 Å². The molecule has 0 aromatic carbocycles. The van der Waals surface area contributed by atoms with E-state index in [0.717, 1.165) is 6.29 Å². The summed E-state index contributed by atoms with van der Waals surface area (Å²) in [6, 6.07) is 0. The van der Waals surface area contributed by atoms with Gasteiger partial charge in [0.2, 0.25) is 11.5 Å². The highest BCUT2D eigenvalue weighted by Gasteiger charge is 2.21. The average Bonchev–Trinajstić information content (AvgIpc) is 1.65. The van der Waals surface area contributed by atoms with Crippen molar-refractivity contribution in [1.29, 1.82) is 0 Å². The number of hydrogen-bond acceptors (Lipinski definition) is 4. The maximum Gasteiger partial charge on any atom is 0.282 e. The topological polar surface area (TPSA) is 88.5 Å². The van der Waals surface area contributed by atoms with Crippen molar-refractivity contribution in [2.45, 2.75) is 5.25 Å². The van der Waals surface area contributed by atoms with E-state index in [1.807, 2.05) is 0 Å². The summed E-state index contributed by atoms with van der Waals surface area (Å²) in [6.07, 6.45) is 0.630. The van der Waals surface area contributed by atoms with Crippen molar-refractivity contribution in [2.24, 2.45) is 0 Å². The molecule has 0 rings (SSSR count). The molecular formula is C3H3O5S. The van der Waals surface area contributed by atoms with Gasteiger partial charge in [0.05, 0.1) is 0 Å². The van der Waals surface area contributed by atoms with Crippen molar-refractivity contribution < 1.29 is 22.6 Å². The lowest BCUT2D eigenvalue weighted by Gasteiger charge is -1.91. The van der Waals surface area contributed by atoms with Gasteiger partial charge in [-0.05, 0) is 0 Å². The van der Waals surface area contributed by atoms with Gasteiger partial charge in [-0.25, -0.2) is 0 Å². The van der Waals surface area contributed by atoms with Crippen LogP contribution in [-0.4, -0.2) is 30.8 Å². The molecule has 0 heterocycles. The molecule has 0 aliphatic rings. The number of carbonyl (C=O) groups excluding carboxylic acids is 2. The highest BCUT2D eigenvalue weighted by molar-refractivity contribution is 7.87. The first kappa shape index (κ1) is 8.25. The van der Waals surface area contributed by atoms with Crippen molar-refractivity contribution in [3.63, 3.8) is 0 Å². The maximum atomic E-state index is 9.86. The van der Waals surface area contributed by atoms with E-state index >= 15 is 0 Å². The molecule has 0 saturated carbocycles. The largest absolute Gasteiger partial charge is 0.301 e. The Hall–Kier alpha value is -0.750. The van der Waals surface area contributed by atoms with Crippen LogP contribution in [0.15, 0.2) is 0 Å². The van der Waals surface area contributed by atoms with Gasteiger partial charge >= 0.3 is 0 Å². The zero-order chi connectivity index (χ0) is 7.49. The van der Waals surface area contributed by atoms with E-state index in [-0.39, 0.29) is 6.29 Å². The minimum atomic E-state index is -4.56. The van der Waals surface area contributed by atoms with Gasteiger partial charge in [0.25, 0.3) is 10.1 Å². The fourth-order valence-corrected chi connectivity index (χ4v) is 0.421. The average molecular weight is 151 g/mol. The monoisotopic (exact) mass is 151 g/mol. The third kappa shape index (κ3) is 2.34. The molecule has 1 atom stereocenters. The molecule has 0 spiro atoms. The van der Waals surface area contributed by atoms with Crippen molar-refractivity contribution in [3.05, 3.63) is 0 Å². The summed E-state index contributed by atoms with van der Waals surface area (Å²) in [6.45, 7) is 0. The molecular weight excluding hydrogens is 148 g/mol. The van der Waals surface area contributed by atoms with Gasteiger partial charge in [-0.15, -0.1) is 0 Å². The molecule has 1 N–H and O–H groups in total. The summed E-state index contributed by atoms with van der Waals surface area (Å²) in [7, 11) is -4.56. The Morgan fingerprint density at radius 2 is 2.00 bits per heavy atom. The second kappa shape index (κ2) is 2.70. The van der Waals surface area contributed by atoms with Crippen molar-refractivity contribution in [3.8, 4) is 0 Å². The van der Waals surface area contributed by atoms with Gasteiger partial charge in [-0.3, -0.25) is 9.35 Å². The van der Waals surface area contributed by atoms with Gasteiger partial charge < -0.3 is 4.79 Å². The number of rotatable bonds is 3. The van der Waals surface area contributed by atoms with Crippen LogP contribution < -0.4 is 0 Å². The molecule has 5 nitrogen and oxygen atoms in total. The van der Waals surface area contributed by atoms with E-state index in [1.165, 1.54) is 0 Å². The normalized spacial score (nSPS) is 11.3. The van der Waals surface area contributed by atoms with Crippen LogP contribution in [0.4, 0.5) is 0 Å². The van der Waals surface area contributed by atoms with Crippen LogP contribution in [0.3, 0.4) is 0 Å². The van der Waals surface area contributed by atoms with Crippen LogP contribution in [0.5, 0.6) is 0 Å². The summed E-state index contributed by atoms with van der Waals surface area (Å²) in [4.78, 5) is 19.1. The van der Waals surface area contributed by atoms with Crippen LogP contribution >= 0.6 is 0 Å². The number of carbonyl (C=O) groups is 1. The Kier molecular flexibility index (Phi) is 2.47. The van der Waals surface area contributed by atoms with Crippen molar-refractivity contribution >= 4 is 22.7 Å². The molecule has 0 bridgehead atoms. The molecule has 9 heavy (non-hydrogen) atoms. The van der Waals surface area contributed by atoms with Crippen LogP contribution in [-0.2, 0) is 19.7 Å². The van der Waals surface area contributed by atoms with Crippen LogP contribution in [0.25, 0.3) is 0 Å². The second-order valence-electron chi connectivity index (χ2n) is 1.19. The van der Waals surface area contributed by atoms with Crippen LogP contribution in [0.1, 0.15) is 0 Å². The third-order valence-electron chi connectivity index (χ3n) is 0.561. The Bertz CT molecular complexity index is 194. The molecule has 0 aromatic rings. The molecule has 0 fully saturated rings. The molecule has 1 radical (unpaired) electrons. The van der Waals surface area contributed by atoms with Gasteiger partial charge in [0, 0.05) is 0 Å². The lowest BCUT2D eigenvalue weighted by molar-refractivity contribution is -0.106. The molecule has 0 aromatic heterocycles. The Morgan fingerprint density at radius 1 is 1.56 bits per heavy atom. The minimum absolute atomic E-state index is 0.206. The zero-order valence-corrected chi connectivity index (χ0v) is 4.96. The lowest BCUT2D eigenvalue weighted by Crippen LogP contribution is -2.22. The Labute approximate surface area is 51.4 Å². The smallest absolute Gasteiger partial charge is 0.282 e. The Balaban J connectivity index is 4.51. The second-order valence-corrected chi connectivity index (χ2v) is 2.73. The maximum absolute atomic E-state index is 9.86. The van der Waals surface area contributed by atoms with E-state index in [0.29, 0.717) is 0 Å². The number of hydrogen-bond donors (Lipinski definition) is 1. The van der Waals surface area contributed by atoms with Crippen molar-refractivity contribution in [1.82, 2.24) is 0 Å². The summed E-state index contributed by atoms with van der Waals surface area (Å²) in [5, 5.41) is -2.06. The molecule has 6 heteroatoms. The highest BCUT2D eigenvalue weighted by Crippen LogP contribution is 1.88. The zero-order valence-electron chi connectivity index (χ0n) is 4.14. The van der Waals surface area contributed by atoms with Gasteiger partial charge in [-0.2, -0.15) is 8.42 Å². The van der Waals surface area contributed by atoms with Gasteiger partial charge in [-0.1, -0.05) is 0 Å². The highest BCUT2D eigenvalue weighted by atomic mass is 32.2. The fraction of sp³-hybridized carbons (Fsp3) is 0.333. The molecule has 0 saturated heterocycles. The summed E-state index contributed by atoms with van der Waals surface area (Å²) >= 11 is 0. The lowest BCUT2D eigenvalue weighted by atomic mass is 10.5. The quantitative estimate of drug-likeness (QED) is 0.303. The first-order valence-electron chi connectivity index (χ1n) is 1.81. The van der Waals surface area contributed by atoms with Crippen molar-refractivity contribution in [2.75, 3.05) is 0 Å². The summed E-state index contributed by atoms with van der Waals surface area (Å²) in [5.74, 6) is 0. The molecule has 0 amide bonds. The fourth-order valence-electron chi connectivity index (χ4n) is 0.159. The summed E-state index contributed by atoms with van der Waals surface area (Å²) < 4.78 is 27.7. The van der Waals surface area contributed by atoms with E-state index in [2.05, 4.69) is 0 Å². The van der Waals surface area contributed by atoms with Crippen LogP contribution in [0.2, 0.25) is 0 Å². The predicted molar refractivity (Wildman–Crippen MR) is 27.1 cm³/mol. The number of aldehydes is 1. The van der Waals surface area contributed by atoms with E-state index in [4.69, 9.17) is 4.55 Å². The van der Waals surface area contributed by atoms with E-state index in [1.54, 1.807) is 0 Å². The van der Waals surface area contributed by atoms with Crippen LogP contribution in [0, 0.1) is 0 Å². The first-order valence-corrected chi connectivity index (χ1v) is 3.32. The predicted octanol–water partition coefficient (Wildman–Crippen LogP) is -1.45. The molecule has 1 unspecified atom stereocenters. The minimum Gasteiger partial charge on any atom is -0.301 e. The molecule has 0 aliphatic carbocycles. The van der Waals surface area contributed by atoms with Gasteiger partial charge in [0.1, 0.15) is 6.29 Å². The first-order chi connectivity index (χ1) is 4.02. The van der Waals surface area contributed by atoms with E-state index < -0.39 is 15.4 Å². The standard InChI is InChI=1S/C3H3O5S/c4-1-3(2-5)9(6,7)8/h1,3H,(H,6,7,8). The SMILES string of the molecule is O=[C]C(C=O)S(=O)(=O)O. The third-order valence-corrected chi connectivity index (χ3v) is 1.41. The molecule has 0 aliphatic heterocycles. The Morgan fingerprint density at radius 3 is 2.00 bits per heavy atom. The molecule has 51 valence electrons. The van der Waals surface area contributed by atoms with E-state index in [9.17, 15) is 18.0 Å².